The normalized spacial score (nSPS) is 11.5. The van der Waals surface area contributed by atoms with E-state index in [1.165, 1.54) is 6.20 Å². The predicted octanol–water partition coefficient (Wildman–Crippen LogP) is 4.11. The van der Waals surface area contributed by atoms with Crippen LogP contribution in [0.25, 0.3) is 5.69 Å². The van der Waals surface area contributed by atoms with Gasteiger partial charge in [0.15, 0.2) is 0 Å². The van der Waals surface area contributed by atoms with Crippen molar-refractivity contribution in [1.29, 1.82) is 0 Å². The first kappa shape index (κ1) is 20.6. The summed E-state index contributed by atoms with van der Waals surface area (Å²) in [7, 11) is 1.56. The second-order valence-corrected chi connectivity index (χ2v) is 6.37. The van der Waals surface area contributed by atoms with E-state index in [0.717, 1.165) is 11.4 Å². The number of alkyl halides is 3. The number of anilines is 2. The molecule has 0 fully saturated rings. The topological polar surface area (TPSA) is 74.1 Å². The average molecular weight is 407 g/mol. The van der Waals surface area contributed by atoms with E-state index in [1.54, 1.807) is 26.4 Å². The lowest BCUT2D eigenvalue weighted by atomic mass is 10.2. The molecule has 10 heteroatoms. The van der Waals surface area contributed by atoms with Gasteiger partial charge in [-0.25, -0.2) is 15.0 Å². The molecule has 29 heavy (non-hydrogen) atoms. The molecule has 2 heterocycles. The molecule has 7 nitrogen and oxygen atoms in total. The minimum atomic E-state index is -4.38. The first-order valence-electron chi connectivity index (χ1n) is 8.68. The van der Waals surface area contributed by atoms with Crippen LogP contribution in [0.3, 0.4) is 0 Å². The summed E-state index contributed by atoms with van der Waals surface area (Å²) in [5.74, 6) is 0.850. The van der Waals surface area contributed by atoms with E-state index in [-0.39, 0.29) is 12.6 Å². The van der Waals surface area contributed by atoms with Crippen molar-refractivity contribution in [2.24, 2.45) is 0 Å². The molecular formula is C19H20F3N5O2. The highest BCUT2D eigenvalue weighted by molar-refractivity contribution is 5.62. The van der Waals surface area contributed by atoms with E-state index in [1.807, 2.05) is 29.8 Å². The minimum absolute atomic E-state index is 0.245. The second-order valence-electron chi connectivity index (χ2n) is 6.37. The van der Waals surface area contributed by atoms with Crippen molar-refractivity contribution >= 4 is 11.6 Å². The van der Waals surface area contributed by atoms with E-state index in [2.05, 4.69) is 20.3 Å². The Labute approximate surface area is 165 Å². The molecule has 0 amide bonds. The van der Waals surface area contributed by atoms with Gasteiger partial charge in [-0.15, -0.1) is 0 Å². The van der Waals surface area contributed by atoms with E-state index in [9.17, 15) is 13.2 Å². The lowest BCUT2D eigenvalue weighted by Gasteiger charge is -2.13. The summed E-state index contributed by atoms with van der Waals surface area (Å²) in [6.45, 7) is 2.01. The van der Waals surface area contributed by atoms with Crippen LogP contribution in [0.15, 0.2) is 36.9 Å². The SMILES string of the molecule is COc1cc(Nc2ncc(C)c(COCC(F)(F)F)n2)ccc1-n1cnc(C)c1. The molecule has 154 valence electrons. The number of halogens is 3. The van der Waals surface area contributed by atoms with Crippen molar-refractivity contribution < 1.29 is 22.6 Å². The van der Waals surface area contributed by atoms with Gasteiger partial charge in [-0.05, 0) is 31.5 Å². The summed E-state index contributed by atoms with van der Waals surface area (Å²) < 4.78 is 48.8. The average Bonchev–Trinajstić information content (AvgIpc) is 3.09. The van der Waals surface area contributed by atoms with Crippen molar-refractivity contribution in [3.05, 3.63) is 53.9 Å². The fraction of sp³-hybridized carbons (Fsp3) is 0.316. The van der Waals surface area contributed by atoms with E-state index >= 15 is 0 Å². The Morgan fingerprint density at radius 1 is 1.17 bits per heavy atom. The van der Waals surface area contributed by atoms with Gasteiger partial charge in [0.25, 0.3) is 0 Å². The first-order chi connectivity index (χ1) is 13.7. The van der Waals surface area contributed by atoms with Crippen LogP contribution in [0.2, 0.25) is 0 Å². The lowest BCUT2D eigenvalue weighted by molar-refractivity contribution is -0.176. The number of imidazole rings is 1. The number of aromatic nitrogens is 4. The third-order valence-corrected chi connectivity index (χ3v) is 4.01. The number of aryl methyl sites for hydroxylation is 2. The Morgan fingerprint density at radius 2 is 1.97 bits per heavy atom. The van der Waals surface area contributed by atoms with Crippen molar-refractivity contribution in [2.45, 2.75) is 26.6 Å². The summed E-state index contributed by atoms with van der Waals surface area (Å²) in [4.78, 5) is 12.6. The third kappa shape index (κ3) is 5.44. The van der Waals surface area contributed by atoms with Crippen molar-refractivity contribution in [3.8, 4) is 11.4 Å². The van der Waals surface area contributed by atoms with Crippen LogP contribution in [0.1, 0.15) is 17.0 Å². The molecule has 0 saturated carbocycles. The molecule has 2 aromatic heterocycles. The smallest absolute Gasteiger partial charge is 0.411 e. The van der Waals surface area contributed by atoms with Crippen LogP contribution < -0.4 is 10.1 Å². The van der Waals surface area contributed by atoms with E-state index in [4.69, 9.17) is 9.47 Å². The van der Waals surface area contributed by atoms with Gasteiger partial charge in [-0.2, -0.15) is 13.2 Å². The molecule has 1 aromatic carbocycles. The van der Waals surface area contributed by atoms with Crippen LogP contribution >= 0.6 is 0 Å². The molecule has 3 rings (SSSR count). The maximum absolute atomic E-state index is 12.3. The Morgan fingerprint density at radius 3 is 2.62 bits per heavy atom. The van der Waals surface area contributed by atoms with Gasteiger partial charge in [0.2, 0.25) is 5.95 Å². The van der Waals surface area contributed by atoms with Gasteiger partial charge < -0.3 is 19.4 Å². The molecule has 3 aromatic rings. The quantitative estimate of drug-likeness (QED) is 0.635. The molecule has 0 spiro atoms. The first-order valence-corrected chi connectivity index (χ1v) is 8.68. The van der Waals surface area contributed by atoms with Gasteiger partial charge in [0.1, 0.15) is 12.4 Å². The summed E-state index contributed by atoms with van der Waals surface area (Å²) in [6.07, 6.45) is 0.716. The Kier molecular flexibility index (Phi) is 6.02. The van der Waals surface area contributed by atoms with E-state index in [0.29, 0.717) is 22.7 Å². The van der Waals surface area contributed by atoms with Gasteiger partial charge in [-0.1, -0.05) is 0 Å². The second kappa shape index (κ2) is 8.48. The summed E-state index contributed by atoms with van der Waals surface area (Å²) >= 11 is 0. The maximum atomic E-state index is 12.3. The minimum Gasteiger partial charge on any atom is -0.494 e. The van der Waals surface area contributed by atoms with E-state index < -0.39 is 12.8 Å². The highest BCUT2D eigenvalue weighted by Gasteiger charge is 2.27. The fourth-order valence-corrected chi connectivity index (χ4v) is 2.60. The zero-order valence-corrected chi connectivity index (χ0v) is 16.1. The predicted molar refractivity (Wildman–Crippen MR) is 101 cm³/mol. The molecule has 0 aliphatic rings. The van der Waals surface area contributed by atoms with Gasteiger partial charge >= 0.3 is 6.18 Å². The van der Waals surface area contributed by atoms with Gasteiger partial charge in [-0.3, -0.25) is 0 Å². The largest absolute Gasteiger partial charge is 0.494 e. The van der Waals surface area contributed by atoms with Crippen molar-refractivity contribution in [3.63, 3.8) is 0 Å². The Bertz CT molecular complexity index is 988. The number of hydrogen-bond acceptors (Lipinski definition) is 6. The summed E-state index contributed by atoms with van der Waals surface area (Å²) in [6, 6.07) is 5.44. The summed E-state index contributed by atoms with van der Waals surface area (Å²) in [5.41, 5.74) is 3.37. The van der Waals surface area contributed by atoms with Gasteiger partial charge in [0, 0.05) is 24.1 Å². The highest BCUT2D eigenvalue weighted by atomic mass is 19.4. The zero-order valence-electron chi connectivity index (χ0n) is 16.1. The monoisotopic (exact) mass is 407 g/mol. The Balaban J connectivity index is 1.76. The number of ether oxygens (including phenoxy) is 2. The van der Waals surface area contributed by atoms with Crippen LogP contribution in [-0.4, -0.2) is 39.4 Å². The molecular weight excluding hydrogens is 387 g/mol. The number of methoxy groups -OCH3 is 1. The fourth-order valence-electron chi connectivity index (χ4n) is 2.60. The molecule has 1 N–H and O–H groups in total. The number of nitrogens with zero attached hydrogens (tertiary/aromatic N) is 4. The number of hydrogen-bond donors (Lipinski definition) is 1. The molecule has 0 aliphatic heterocycles. The number of nitrogens with one attached hydrogen (secondary N) is 1. The van der Waals surface area contributed by atoms with Gasteiger partial charge in [0.05, 0.1) is 37.1 Å². The standard InChI is InChI=1S/C19H20F3N5O2/c1-12-7-23-18(26-15(12)9-29-10-19(20,21)22)25-14-4-5-16(17(6-14)28-3)27-8-13(2)24-11-27/h4-8,11H,9-10H2,1-3H3,(H,23,25,26). The maximum Gasteiger partial charge on any atom is 0.411 e. The van der Waals surface area contributed by atoms with Crippen molar-refractivity contribution in [2.75, 3.05) is 19.0 Å². The molecule has 0 atom stereocenters. The lowest BCUT2D eigenvalue weighted by Crippen LogP contribution is -2.17. The highest BCUT2D eigenvalue weighted by Crippen LogP contribution is 2.28. The van der Waals surface area contributed by atoms with Crippen LogP contribution in [0.4, 0.5) is 24.8 Å². The molecule has 0 aliphatic carbocycles. The molecule has 0 bridgehead atoms. The van der Waals surface area contributed by atoms with Crippen molar-refractivity contribution in [1.82, 2.24) is 19.5 Å². The van der Waals surface area contributed by atoms with Crippen LogP contribution in [-0.2, 0) is 11.3 Å². The number of benzene rings is 1. The number of rotatable bonds is 7. The molecule has 0 radical (unpaired) electrons. The molecule has 0 saturated heterocycles. The third-order valence-electron chi connectivity index (χ3n) is 4.01. The molecule has 0 unspecified atom stereocenters. The van der Waals surface area contributed by atoms with Crippen LogP contribution in [0.5, 0.6) is 5.75 Å². The Hall–Kier alpha value is -3.14. The van der Waals surface area contributed by atoms with Crippen LogP contribution in [0, 0.1) is 13.8 Å². The zero-order chi connectivity index (χ0) is 21.0. The summed E-state index contributed by atoms with van der Waals surface area (Å²) in [5, 5.41) is 3.03.